The van der Waals surface area contributed by atoms with Gasteiger partial charge in [-0.1, -0.05) is 0 Å². The summed E-state index contributed by atoms with van der Waals surface area (Å²) >= 11 is 0. The molecule has 128 valence electrons. The van der Waals surface area contributed by atoms with Crippen molar-refractivity contribution in [2.24, 2.45) is 0 Å². The highest BCUT2D eigenvalue weighted by atomic mass is 16.5. The molecule has 2 fully saturated rings. The van der Waals surface area contributed by atoms with Gasteiger partial charge >= 0.3 is 0 Å². The molecule has 7 heteroatoms. The summed E-state index contributed by atoms with van der Waals surface area (Å²) in [7, 11) is 1.55. The smallest absolute Gasteiger partial charge is 0.248 e. The Morgan fingerprint density at radius 3 is 3.17 bits per heavy atom. The molecule has 2 aliphatic rings. The number of hydrogen-bond acceptors (Lipinski definition) is 5. The number of likely N-dealkylation sites (tertiary alicyclic amines) is 1. The van der Waals surface area contributed by atoms with Gasteiger partial charge in [-0.05, 0) is 25.3 Å². The first-order chi connectivity index (χ1) is 11.3. The second-order valence-electron chi connectivity index (χ2n) is 6.06. The maximum Gasteiger partial charge on any atom is 0.248 e. The van der Waals surface area contributed by atoms with Crippen molar-refractivity contribution in [3.05, 3.63) is 18.5 Å². The van der Waals surface area contributed by atoms with Gasteiger partial charge in [0.05, 0.1) is 6.04 Å². The van der Waals surface area contributed by atoms with Crippen molar-refractivity contribution >= 4 is 5.91 Å². The van der Waals surface area contributed by atoms with E-state index in [0.29, 0.717) is 13.2 Å². The van der Waals surface area contributed by atoms with Crippen LogP contribution in [-0.4, -0.2) is 72.3 Å². The molecule has 0 spiro atoms. The number of amides is 1. The van der Waals surface area contributed by atoms with Gasteiger partial charge in [0.2, 0.25) is 5.91 Å². The average molecular weight is 323 g/mol. The zero-order valence-electron chi connectivity index (χ0n) is 13.6. The van der Waals surface area contributed by atoms with Crippen LogP contribution in [0, 0.1) is 0 Å². The molecule has 0 N–H and O–H groups in total. The molecule has 3 heterocycles. The lowest BCUT2D eigenvalue weighted by Gasteiger charge is -2.32. The van der Waals surface area contributed by atoms with Crippen LogP contribution in [0.1, 0.15) is 19.3 Å². The van der Waals surface area contributed by atoms with Crippen LogP contribution in [-0.2, 0) is 25.5 Å². The molecule has 23 heavy (non-hydrogen) atoms. The number of carbonyl (C=O) groups excluding carboxylic acids is 1. The topological polar surface area (TPSA) is 65.8 Å². The van der Waals surface area contributed by atoms with Gasteiger partial charge in [0.25, 0.3) is 0 Å². The number of aromatic nitrogens is 2. The Morgan fingerprint density at radius 1 is 1.48 bits per heavy atom. The summed E-state index contributed by atoms with van der Waals surface area (Å²) in [6, 6.07) is 2.04. The molecule has 1 aromatic rings. The molecule has 1 amide bonds. The number of fused-ring (bicyclic) bond motifs is 1. The van der Waals surface area contributed by atoms with Crippen molar-refractivity contribution in [2.45, 2.75) is 44.1 Å². The van der Waals surface area contributed by atoms with Crippen LogP contribution in [0.2, 0.25) is 0 Å². The minimum atomic E-state index is -0.0428. The van der Waals surface area contributed by atoms with E-state index in [1.54, 1.807) is 13.3 Å². The Kier molecular flexibility index (Phi) is 5.64. The van der Waals surface area contributed by atoms with Gasteiger partial charge in [0.1, 0.15) is 18.8 Å². The van der Waals surface area contributed by atoms with E-state index in [1.807, 2.05) is 21.8 Å². The highest BCUT2D eigenvalue weighted by Crippen LogP contribution is 2.30. The number of aryl methyl sites for hydroxylation is 1. The van der Waals surface area contributed by atoms with Gasteiger partial charge in [0, 0.05) is 45.8 Å². The van der Waals surface area contributed by atoms with Crippen molar-refractivity contribution in [3.8, 4) is 0 Å². The third-order valence-electron chi connectivity index (χ3n) is 4.49. The van der Waals surface area contributed by atoms with Crippen LogP contribution in [0.15, 0.2) is 18.5 Å². The molecule has 0 aromatic carbocycles. The molecule has 3 rings (SSSR count). The highest BCUT2D eigenvalue weighted by molar-refractivity contribution is 5.78. The summed E-state index contributed by atoms with van der Waals surface area (Å²) in [6.45, 7) is 2.94. The van der Waals surface area contributed by atoms with Crippen LogP contribution in [0.25, 0.3) is 0 Å². The first kappa shape index (κ1) is 16.4. The Balaban J connectivity index is 1.50. The summed E-state index contributed by atoms with van der Waals surface area (Å²) in [5.41, 5.74) is 0. The Morgan fingerprint density at radius 2 is 2.39 bits per heavy atom. The van der Waals surface area contributed by atoms with E-state index in [9.17, 15) is 4.79 Å². The van der Waals surface area contributed by atoms with Crippen LogP contribution in [0.3, 0.4) is 0 Å². The Bertz CT molecular complexity index is 494. The molecular formula is C16H25N3O4. The van der Waals surface area contributed by atoms with E-state index in [-0.39, 0.29) is 30.8 Å². The van der Waals surface area contributed by atoms with E-state index in [0.717, 1.165) is 32.4 Å². The van der Waals surface area contributed by atoms with Gasteiger partial charge in [-0.2, -0.15) is 5.10 Å². The SMILES string of the molecule is COCC(=O)N1C[C@@H](OCCCn2cccn2)[C@H]2OCCC[C@H]21. The van der Waals surface area contributed by atoms with E-state index in [2.05, 4.69) is 5.10 Å². The average Bonchev–Trinajstić information content (AvgIpc) is 3.20. The first-order valence-corrected chi connectivity index (χ1v) is 8.28. The van der Waals surface area contributed by atoms with Crippen LogP contribution in [0.5, 0.6) is 0 Å². The fourth-order valence-electron chi connectivity index (χ4n) is 3.44. The maximum absolute atomic E-state index is 12.2. The second-order valence-corrected chi connectivity index (χ2v) is 6.06. The lowest BCUT2D eigenvalue weighted by atomic mass is 10.0. The number of ether oxygens (including phenoxy) is 3. The van der Waals surface area contributed by atoms with Crippen LogP contribution in [0.4, 0.5) is 0 Å². The van der Waals surface area contributed by atoms with Crippen molar-refractivity contribution in [1.82, 2.24) is 14.7 Å². The van der Waals surface area contributed by atoms with Gasteiger partial charge < -0.3 is 19.1 Å². The molecule has 0 radical (unpaired) electrons. The summed E-state index contributed by atoms with van der Waals surface area (Å²) in [5.74, 6) is 0.0237. The zero-order chi connectivity index (χ0) is 16.1. The molecule has 0 bridgehead atoms. The van der Waals surface area contributed by atoms with E-state index in [1.165, 1.54) is 0 Å². The van der Waals surface area contributed by atoms with Crippen molar-refractivity contribution in [1.29, 1.82) is 0 Å². The fraction of sp³-hybridized carbons (Fsp3) is 0.750. The first-order valence-electron chi connectivity index (χ1n) is 8.28. The Labute approximate surface area is 136 Å². The normalized spacial score (nSPS) is 27.2. The number of nitrogens with zero attached hydrogens (tertiary/aromatic N) is 3. The van der Waals surface area contributed by atoms with Crippen molar-refractivity contribution in [3.63, 3.8) is 0 Å². The lowest BCUT2D eigenvalue weighted by Crippen LogP contribution is -2.44. The largest absolute Gasteiger partial charge is 0.375 e. The molecule has 0 aliphatic carbocycles. The molecule has 2 saturated heterocycles. The third kappa shape index (κ3) is 3.91. The minimum absolute atomic E-state index is 0.00532. The van der Waals surface area contributed by atoms with E-state index < -0.39 is 0 Å². The summed E-state index contributed by atoms with van der Waals surface area (Å²) in [4.78, 5) is 14.1. The quantitative estimate of drug-likeness (QED) is 0.691. The standard InChI is InChI=1S/C16H25N3O4/c1-21-12-15(20)19-11-14(16-13(19)5-2-9-23-16)22-10-4-8-18-7-3-6-17-18/h3,6-7,13-14,16H,2,4-5,8-12H2,1H3/t13-,14-,16+/m1/s1. The van der Waals surface area contributed by atoms with E-state index in [4.69, 9.17) is 14.2 Å². The van der Waals surface area contributed by atoms with Crippen molar-refractivity contribution in [2.75, 3.05) is 33.5 Å². The molecular weight excluding hydrogens is 298 g/mol. The molecule has 0 saturated carbocycles. The molecule has 7 nitrogen and oxygen atoms in total. The highest BCUT2D eigenvalue weighted by Gasteiger charge is 2.46. The van der Waals surface area contributed by atoms with Gasteiger partial charge in [-0.15, -0.1) is 0 Å². The van der Waals surface area contributed by atoms with Gasteiger partial charge in [0.15, 0.2) is 0 Å². The number of hydrogen-bond donors (Lipinski definition) is 0. The monoisotopic (exact) mass is 323 g/mol. The predicted octanol–water partition coefficient (Wildman–Crippen LogP) is 0.695. The summed E-state index contributed by atoms with van der Waals surface area (Å²) in [5, 5.41) is 4.18. The minimum Gasteiger partial charge on any atom is -0.375 e. The van der Waals surface area contributed by atoms with E-state index >= 15 is 0 Å². The predicted molar refractivity (Wildman–Crippen MR) is 82.9 cm³/mol. The second kappa shape index (κ2) is 7.90. The number of carbonyl (C=O) groups is 1. The number of methoxy groups -OCH3 is 1. The summed E-state index contributed by atoms with van der Waals surface area (Å²) < 4.78 is 18.8. The van der Waals surface area contributed by atoms with Gasteiger partial charge in [-0.25, -0.2) is 0 Å². The third-order valence-corrected chi connectivity index (χ3v) is 4.49. The van der Waals surface area contributed by atoms with Crippen LogP contribution < -0.4 is 0 Å². The number of rotatable bonds is 7. The van der Waals surface area contributed by atoms with Gasteiger partial charge in [-0.3, -0.25) is 9.48 Å². The zero-order valence-corrected chi connectivity index (χ0v) is 13.6. The van der Waals surface area contributed by atoms with Crippen LogP contribution >= 0.6 is 0 Å². The lowest BCUT2D eigenvalue weighted by molar-refractivity contribution is -0.138. The van der Waals surface area contributed by atoms with Crippen molar-refractivity contribution < 1.29 is 19.0 Å². The molecule has 1 aromatic heterocycles. The Hall–Kier alpha value is -1.44. The maximum atomic E-state index is 12.2. The molecule has 0 unspecified atom stereocenters. The summed E-state index contributed by atoms with van der Waals surface area (Å²) in [6.07, 6.45) is 6.53. The molecule has 3 atom stereocenters. The molecule has 2 aliphatic heterocycles. The fourth-order valence-corrected chi connectivity index (χ4v) is 3.44.